The van der Waals surface area contributed by atoms with Crippen LogP contribution in [0.4, 0.5) is 0 Å². The highest BCUT2D eigenvalue weighted by Gasteiger charge is 2.10. The van der Waals surface area contributed by atoms with E-state index in [1.54, 1.807) is 0 Å². The van der Waals surface area contributed by atoms with Gasteiger partial charge in [0.15, 0.2) is 5.09 Å². The van der Waals surface area contributed by atoms with E-state index in [0.29, 0.717) is 11.8 Å². The maximum atomic E-state index is 5.82. The molecule has 0 saturated carbocycles. The molecule has 1 unspecified atom stereocenters. The van der Waals surface area contributed by atoms with E-state index >= 15 is 0 Å². The van der Waals surface area contributed by atoms with Gasteiger partial charge in [0.05, 0.1) is 4.21 Å². The lowest BCUT2D eigenvalue weighted by Crippen LogP contribution is -1.92. The molecule has 0 fully saturated rings. The minimum atomic E-state index is 0.472. The minimum Gasteiger partial charge on any atom is -0.455 e. The minimum absolute atomic E-state index is 0.472. The summed E-state index contributed by atoms with van der Waals surface area (Å²) in [4.78, 5) is 1.50. The Balaban J connectivity index is 1.79. The summed E-state index contributed by atoms with van der Waals surface area (Å²) in [5.41, 5.74) is 0. The lowest BCUT2D eigenvalue weighted by Gasteiger charge is -2.07. The molecule has 0 aromatic carbocycles. The van der Waals surface area contributed by atoms with Gasteiger partial charge in [-0.3, -0.25) is 0 Å². The molecule has 110 valence electrons. The van der Waals surface area contributed by atoms with Gasteiger partial charge >= 0.3 is 0 Å². The molecular formula is C16H22OS3. The first-order valence-electron chi connectivity index (χ1n) is 6.96. The van der Waals surface area contributed by atoms with Crippen LogP contribution < -0.4 is 0 Å². The maximum absolute atomic E-state index is 5.82. The second-order valence-electron chi connectivity index (χ2n) is 5.21. The van der Waals surface area contributed by atoms with Crippen LogP contribution in [-0.2, 0) is 0 Å². The van der Waals surface area contributed by atoms with Gasteiger partial charge in [0.2, 0.25) is 0 Å². The predicted octanol–water partition coefficient (Wildman–Crippen LogP) is 6.47. The Labute approximate surface area is 134 Å². The van der Waals surface area contributed by atoms with Gasteiger partial charge in [0, 0.05) is 16.5 Å². The first-order valence-corrected chi connectivity index (χ1v) is 9.99. The van der Waals surface area contributed by atoms with Crippen molar-refractivity contribution in [1.29, 1.82) is 0 Å². The summed E-state index contributed by atoms with van der Waals surface area (Å²) in [6, 6.07) is 8.70. The molecular weight excluding hydrogens is 304 g/mol. The highest BCUT2D eigenvalue weighted by Crippen LogP contribution is 2.33. The van der Waals surface area contributed by atoms with Crippen molar-refractivity contribution in [2.24, 2.45) is 0 Å². The summed E-state index contributed by atoms with van der Waals surface area (Å²) in [7, 11) is 0. The van der Waals surface area contributed by atoms with E-state index in [-0.39, 0.29) is 0 Å². The maximum Gasteiger partial charge on any atom is 0.160 e. The van der Waals surface area contributed by atoms with Gasteiger partial charge in [0.1, 0.15) is 5.76 Å². The van der Waals surface area contributed by atoms with Gasteiger partial charge in [-0.05, 0) is 42.9 Å². The molecule has 1 nitrogen and oxygen atoms in total. The van der Waals surface area contributed by atoms with Crippen molar-refractivity contribution in [2.75, 3.05) is 12.0 Å². The molecule has 2 rings (SSSR count). The van der Waals surface area contributed by atoms with Crippen LogP contribution in [0.3, 0.4) is 0 Å². The number of hydrogen-bond donors (Lipinski definition) is 0. The van der Waals surface area contributed by atoms with Crippen LogP contribution in [0.2, 0.25) is 0 Å². The monoisotopic (exact) mass is 326 g/mol. The largest absolute Gasteiger partial charge is 0.455 e. The van der Waals surface area contributed by atoms with Crippen LogP contribution in [0, 0.1) is 0 Å². The zero-order chi connectivity index (χ0) is 14.5. The van der Waals surface area contributed by atoms with Gasteiger partial charge in [0.25, 0.3) is 0 Å². The molecule has 0 saturated heterocycles. The molecule has 0 N–H and O–H groups in total. The summed E-state index contributed by atoms with van der Waals surface area (Å²) in [6.07, 6.45) is 3.33. The number of thioether (sulfide) groups is 2. The zero-order valence-corrected chi connectivity index (χ0v) is 15.0. The Hall–Kier alpha value is -0.320. The Morgan fingerprint density at radius 1 is 1.15 bits per heavy atom. The second kappa shape index (κ2) is 7.62. The topological polar surface area (TPSA) is 13.1 Å². The molecule has 0 aliphatic heterocycles. The van der Waals surface area contributed by atoms with Crippen molar-refractivity contribution in [3.63, 3.8) is 0 Å². The highest BCUT2D eigenvalue weighted by molar-refractivity contribution is 8.00. The highest BCUT2D eigenvalue weighted by atomic mass is 32.2. The Kier molecular flexibility index (Phi) is 6.12. The SMILES string of the molecule is CSc1ccc(C(C)CCSc2ccc(C(C)C)o2)s1. The molecule has 2 heterocycles. The first kappa shape index (κ1) is 16.1. The van der Waals surface area contributed by atoms with Crippen molar-refractivity contribution in [3.05, 3.63) is 34.9 Å². The molecule has 2 aromatic rings. The van der Waals surface area contributed by atoms with Crippen LogP contribution in [-0.4, -0.2) is 12.0 Å². The fourth-order valence-corrected chi connectivity index (χ4v) is 4.55. The average Bonchev–Trinajstić information content (AvgIpc) is 3.07. The van der Waals surface area contributed by atoms with Gasteiger partial charge in [-0.15, -0.1) is 23.1 Å². The Bertz CT molecular complexity index is 527. The third-order valence-corrected chi connectivity index (χ3v) is 6.60. The second-order valence-corrected chi connectivity index (χ2v) is 8.53. The van der Waals surface area contributed by atoms with E-state index in [4.69, 9.17) is 4.42 Å². The van der Waals surface area contributed by atoms with Crippen LogP contribution in [0.5, 0.6) is 0 Å². The molecule has 20 heavy (non-hydrogen) atoms. The summed E-state index contributed by atoms with van der Waals surface area (Å²) in [5.74, 6) is 3.30. The molecule has 0 spiro atoms. The Morgan fingerprint density at radius 2 is 1.95 bits per heavy atom. The quantitative estimate of drug-likeness (QED) is 0.541. The smallest absolute Gasteiger partial charge is 0.160 e. The van der Waals surface area contributed by atoms with Gasteiger partial charge in [-0.2, -0.15) is 0 Å². The fraction of sp³-hybridized carbons (Fsp3) is 0.500. The normalized spacial score (nSPS) is 13.1. The van der Waals surface area contributed by atoms with Crippen molar-refractivity contribution in [2.45, 2.75) is 48.3 Å². The van der Waals surface area contributed by atoms with Crippen LogP contribution in [0.1, 0.15) is 49.7 Å². The summed E-state index contributed by atoms with van der Waals surface area (Å²) < 4.78 is 7.23. The molecule has 0 bridgehead atoms. The number of rotatable bonds is 7. The van der Waals surface area contributed by atoms with Crippen molar-refractivity contribution < 1.29 is 4.42 Å². The van der Waals surface area contributed by atoms with Gasteiger partial charge < -0.3 is 4.42 Å². The van der Waals surface area contributed by atoms with Crippen molar-refractivity contribution in [1.82, 2.24) is 0 Å². The van der Waals surface area contributed by atoms with E-state index in [0.717, 1.165) is 16.6 Å². The van der Waals surface area contributed by atoms with Gasteiger partial charge in [-0.25, -0.2) is 0 Å². The molecule has 0 aliphatic carbocycles. The van der Waals surface area contributed by atoms with E-state index in [2.05, 4.69) is 51.3 Å². The number of hydrogen-bond acceptors (Lipinski definition) is 4. The number of furan rings is 1. The lowest BCUT2D eigenvalue weighted by atomic mass is 10.1. The molecule has 2 aromatic heterocycles. The zero-order valence-electron chi connectivity index (χ0n) is 12.5. The molecule has 0 aliphatic rings. The van der Waals surface area contributed by atoms with Crippen LogP contribution in [0.25, 0.3) is 0 Å². The molecule has 4 heteroatoms. The van der Waals surface area contributed by atoms with E-state index < -0.39 is 0 Å². The summed E-state index contributed by atoms with van der Waals surface area (Å²) >= 11 is 5.58. The molecule has 1 atom stereocenters. The van der Waals surface area contributed by atoms with Gasteiger partial charge in [-0.1, -0.05) is 32.5 Å². The Morgan fingerprint density at radius 3 is 2.55 bits per heavy atom. The summed E-state index contributed by atoms with van der Waals surface area (Å²) in [6.45, 7) is 6.64. The van der Waals surface area contributed by atoms with Crippen molar-refractivity contribution >= 4 is 34.9 Å². The van der Waals surface area contributed by atoms with E-state index in [9.17, 15) is 0 Å². The molecule has 0 radical (unpaired) electrons. The van der Waals surface area contributed by atoms with E-state index in [1.165, 1.54) is 15.5 Å². The lowest BCUT2D eigenvalue weighted by molar-refractivity contribution is 0.416. The summed E-state index contributed by atoms with van der Waals surface area (Å²) in [5, 5.41) is 1.05. The van der Waals surface area contributed by atoms with Crippen LogP contribution in [0.15, 0.2) is 38.0 Å². The fourth-order valence-electron chi connectivity index (χ4n) is 1.91. The standard InChI is InChI=1S/C16H22OS3/c1-11(2)13-5-7-15(17-13)19-10-9-12(3)14-6-8-16(18-4)20-14/h5-8,11-12H,9-10H2,1-4H3. The third-order valence-electron chi connectivity index (χ3n) is 3.26. The van der Waals surface area contributed by atoms with Crippen LogP contribution >= 0.6 is 34.9 Å². The predicted molar refractivity (Wildman–Crippen MR) is 92.7 cm³/mol. The third kappa shape index (κ3) is 4.34. The number of thiophene rings is 1. The average molecular weight is 327 g/mol. The first-order chi connectivity index (χ1) is 9.60. The van der Waals surface area contributed by atoms with E-state index in [1.807, 2.05) is 34.9 Å². The molecule has 0 amide bonds. The van der Waals surface area contributed by atoms with Crippen molar-refractivity contribution in [3.8, 4) is 0 Å².